The SMILES string of the molecule is [CH2-]C.[CH2-]C.[NH2-].[Ti+3]. The molecule has 0 rings (SSSR count). The number of nitrogens with two attached hydrogens (primary N) is 1. The van der Waals surface area contributed by atoms with E-state index in [-0.39, 0.29) is 27.9 Å². The summed E-state index contributed by atoms with van der Waals surface area (Å²) in [6, 6.07) is 0. The van der Waals surface area contributed by atoms with Gasteiger partial charge in [0.05, 0.1) is 0 Å². The molecule has 37 valence electrons. The van der Waals surface area contributed by atoms with Gasteiger partial charge in [0.25, 0.3) is 0 Å². The van der Waals surface area contributed by atoms with E-state index in [0.29, 0.717) is 0 Å². The van der Waals surface area contributed by atoms with Crippen molar-refractivity contribution in [1.82, 2.24) is 0 Å². The second kappa shape index (κ2) is 273. The summed E-state index contributed by atoms with van der Waals surface area (Å²) in [7, 11) is 0. The Morgan fingerprint density at radius 3 is 0.833 bits per heavy atom. The van der Waals surface area contributed by atoms with Crippen LogP contribution in [0.15, 0.2) is 0 Å². The molecule has 0 amide bonds. The Morgan fingerprint density at radius 2 is 0.833 bits per heavy atom. The van der Waals surface area contributed by atoms with Crippen molar-refractivity contribution < 1.29 is 21.7 Å². The Kier molecular flexibility index (Phi) is 1370. The number of rotatable bonds is 0. The zero-order chi connectivity index (χ0) is 4.00. The van der Waals surface area contributed by atoms with Crippen LogP contribution in [0.1, 0.15) is 13.8 Å². The Morgan fingerprint density at radius 1 is 0.833 bits per heavy atom. The second-order valence-corrected chi connectivity index (χ2v) is 0. The van der Waals surface area contributed by atoms with Crippen LogP contribution < -0.4 is 0 Å². The minimum atomic E-state index is 0. The third-order valence-electron chi connectivity index (χ3n) is 0. The molecule has 0 aromatic carbocycles. The van der Waals surface area contributed by atoms with Crippen LogP contribution in [0.3, 0.4) is 0 Å². The molecule has 0 atom stereocenters. The normalized spacial score (nSPS) is 2.00. The maximum absolute atomic E-state index is 3.25. The maximum atomic E-state index is 3.25. The van der Waals surface area contributed by atoms with Gasteiger partial charge in [-0.15, -0.1) is 0 Å². The van der Waals surface area contributed by atoms with E-state index in [1.165, 1.54) is 0 Å². The molecular weight excluding hydrogens is 110 g/mol. The predicted octanol–water partition coefficient (Wildman–Crippen LogP) is 2.40. The average molecular weight is 122 g/mol. The predicted molar refractivity (Wildman–Crippen MR) is 27.3 cm³/mol. The quantitative estimate of drug-likeness (QED) is 0.349. The molecule has 0 bridgehead atoms. The smallest absolute Gasteiger partial charge is 0.693 e. The Bertz CT molecular complexity index is 7.51. The molecule has 0 unspecified atom stereocenters. The van der Waals surface area contributed by atoms with Gasteiger partial charge in [-0.25, -0.2) is 0 Å². The van der Waals surface area contributed by atoms with Crippen molar-refractivity contribution in [1.29, 1.82) is 0 Å². The van der Waals surface area contributed by atoms with Crippen LogP contribution in [-0.4, -0.2) is 0 Å². The summed E-state index contributed by atoms with van der Waals surface area (Å²) >= 11 is 0. The summed E-state index contributed by atoms with van der Waals surface area (Å²) in [6.07, 6.45) is 0. The van der Waals surface area contributed by atoms with Crippen LogP contribution in [0.25, 0.3) is 6.15 Å². The first-order valence-corrected chi connectivity index (χ1v) is 1.41. The molecule has 0 aromatic rings. The molecule has 0 heterocycles. The third kappa shape index (κ3) is 139. The van der Waals surface area contributed by atoms with Gasteiger partial charge in [0, 0.05) is 0 Å². The number of hydrogen-bond acceptors (Lipinski definition) is 0. The van der Waals surface area contributed by atoms with Crippen molar-refractivity contribution in [3.8, 4) is 0 Å². The molecule has 0 aliphatic rings. The summed E-state index contributed by atoms with van der Waals surface area (Å²) in [5, 5.41) is 0. The van der Waals surface area contributed by atoms with Crippen molar-refractivity contribution >= 4 is 0 Å². The maximum Gasteiger partial charge on any atom is 3.00 e. The molecule has 0 spiro atoms. The number of hydrogen-bond donors (Lipinski definition) is 0. The van der Waals surface area contributed by atoms with Crippen molar-refractivity contribution in [2.24, 2.45) is 0 Å². The molecular formula is C4H12NTi. The minimum absolute atomic E-state index is 0. The van der Waals surface area contributed by atoms with E-state index in [9.17, 15) is 0 Å². The molecule has 0 aliphatic heterocycles. The largest absolute Gasteiger partial charge is 3.00 e. The van der Waals surface area contributed by atoms with E-state index in [4.69, 9.17) is 0 Å². The van der Waals surface area contributed by atoms with Gasteiger partial charge >= 0.3 is 21.7 Å². The van der Waals surface area contributed by atoms with Crippen molar-refractivity contribution in [2.45, 2.75) is 13.8 Å². The molecule has 0 aromatic heterocycles. The summed E-state index contributed by atoms with van der Waals surface area (Å²) in [4.78, 5) is 0. The van der Waals surface area contributed by atoms with Gasteiger partial charge in [-0.05, 0) is 0 Å². The monoisotopic (exact) mass is 122 g/mol. The fourth-order valence-corrected chi connectivity index (χ4v) is 0. The molecule has 0 saturated carbocycles. The van der Waals surface area contributed by atoms with Crippen molar-refractivity contribution in [3.05, 3.63) is 20.0 Å². The summed E-state index contributed by atoms with van der Waals surface area (Å²) in [5.41, 5.74) is 0. The third-order valence-corrected chi connectivity index (χ3v) is 0. The average Bonchev–Trinajstić information content (AvgIpc) is 1.50. The Hall–Kier alpha value is 0.674. The Balaban J connectivity index is -0.00000000500. The minimum Gasteiger partial charge on any atom is -0.693 e. The van der Waals surface area contributed by atoms with Gasteiger partial charge in [-0.2, -0.15) is 13.8 Å². The zero-order valence-electron chi connectivity index (χ0n) is 4.49. The molecule has 0 aliphatic carbocycles. The molecule has 2 N–H and O–H groups in total. The van der Waals surface area contributed by atoms with Crippen molar-refractivity contribution in [2.75, 3.05) is 0 Å². The second-order valence-electron chi connectivity index (χ2n) is 0. The van der Waals surface area contributed by atoms with Crippen LogP contribution in [0.2, 0.25) is 0 Å². The fraction of sp³-hybridized carbons (Fsp3) is 0.500. The molecule has 1 radical (unpaired) electrons. The Labute approximate surface area is 56.0 Å². The fourth-order valence-electron chi connectivity index (χ4n) is 0. The van der Waals surface area contributed by atoms with Crippen LogP contribution in [0.5, 0.6) is 0 Å². The van der Waals surface area contributed by atoms with E-state index in [2.05, 4.69) is 13.8 Å². The van der Waals surface area contributed by atoms with Crippen molar-refractivity contribution in [3.63, 3.8) is 0 Å². The zero-order valence-corrected chi connectivity index (χ0v) is 6.05. The topological polar surface area (TPSA) is 33.5 Å². The first kappa shape index (κ1) is 30.0. The van der Waals surface area contributed by atoms with Crippen LogP contribution in [-0.2, 0) is 21.7 Å². The van der Waals surface area contributed by atoms with Gasteiger partial charge in [0.1, 0.15) is 0 Å². The van der Waals surface area contributed by atoms with Gasteiger partial charge < -0.3 is 20.0 Å². The molecule has 0 fully saturated rings. The van der Waals surface area contributed by atoms with E-state index >= 15 is 0 Å². The van der Waals surface area contributed by atoms with Crippen LogP contribution >= 0.6 is 0 Å². The van der Waals surface area contributed by atoms with E-state index in [1.54, 1.807) is 13.8 Å². The van der Waals surface area contributed by atoms with Gasteiger partial charge in [-0.3, -0.25) is 0 Å². The van der Waals surface area contributed by atoms with Gasteiger partial charge in [0.2, 0.25) is 0 Å². The summed E-state index contributed by atoms with van der Waals surface area (Å²) < 4.78 is 0. The molecule has 6 heavy (non-hydrogen) atoms. The van der Waals surface area contributed by atoms with E-state index in [0.717, 1.165) is 0 Å². The summed E-state index contributed by atoms with van der Waals surface area (Å²) in [6.45, 7) is 10.0. The van der Waals surface area contributed by atoms with Crippen LogP contribution in [0, 0.1) is 13.8 Å². The molecule has 0 saturated heterocycles. The van der Waals surface area contributed by atoms with E-state index < -0.39 is 0 Å². The van der Waals surface area contributed by atoms with Crippen LogP contribution in [0.4, 0.5) is 0 Å². The molecule has 1 nitrogen and oxygen atoms in total. The van der Waals surface area contributed by atoms with Gasteiger partial charge in [0.15, 0.2) is 0 Å². The first-order chi connectivity index (χ1) is 2.00. The van der Waals surface area contributed by atoms with Gasteiger partial charge in [-0.1, -0.05) is 0 Å². The molecule has 2 heteroatoms. The first-order valence-electron chi connectivity index (χ1n) is 1.41. The summed E-state index contributed by atoms with van der Waals surface area (Å²) in [5.74, 6) is 0. The standard InChI is InChI=1S/2C2H5.H2N.Ti/c2*1-2;;/h2*1H2,2H3;1H2;/q3*-1;+3. The van der Waals surface area contributed by atoms with E-state index in [1.807, 2.05) is 0 Å².